The number of Topliss-reactive ketones (excluding diaryl/α,β-unsaturated/α-hetero) is 1. The van der Waals surface area contributed by atoms with Crippen molar-refractivity contribution < 1.29 is 14.4 Å². The molecule has 0 saturated carbocycles. The molecule has 1 aromatic carbocycles. The smallest absolute Gasteiger partial charge is 0.325 e. The molecule has 8 heteroatoms. The number of rotatable bonds is 8. The van der Waals surface area contributed by atoms with Crippen molar-refractivity contribution in [2.75, 3.05) is 6.54 Å². The SMILES string of the molecule is Cc1cc(C(=O)CN2C(=O)N[C@@H](Cc3c[nH]c4ccccc34)C2=O)c(C)n1CCc1cccs1. The Labute approximate surface area is 201 Å². The molecule has 0 radical (unpaired) electrons. The third kappa shape index (κ3) is 4.05. The van der Waals surface area contributed by atoms with Crippen molar-refractivity contribution in [1.29, 1.82) is 0 Å². The van der Waals surface area contributed by atoms with E-state index in [1.165, 1.54) is 4.88 Å². The monoisotopic (exact) mass is 474 g/mol. The Kier molecular flexibility index (Phi) is 5.83. The lowest BCUT2D eigenvalue weighted by Crippen LogP contribution is -2.36. The third-order valence-electron chi connectivity index (χ3n) is 6.54. The van der Waals surface area contributed by atoms with Crippen LogP contribution in [0.25, 0.3) is 10.9 Å². The predicted molar refractivity (Wildman–Crippen MR) is 132 cm³/mol. The Hall–Kier alpha value is -3.65. The van der Waals surface area contributed by atoms with E-state index in [0.717, 1.165) is 45.7 Å². The molecule has 4 aromatic rings. The van der Waals surface area contributed by atoms with Crippen molar-refractivity contribution in [2.24, 2.45) is 0 Å². The Morgan fingerprint density at radius 2 is 1.94 bits per heavy atom. The molecule has 0 bridgehead atoms. The van der Waals surface area contributed by atoms with E-state index < -0.39 is 12.1 Å². The van der Waals surface area contributed by atoms with Gasteiger partial charge in [-0.15, -0.1) is 11.3 Å². The zero-order chi connectivity index (χ0) is 23.8. The number of imide groups is 1. The summed E-state index contributed by atoms with van der Waals surface area (Å²) in [5, 5.41) is 5.83. The number of ketones is 1. The first-order valence-electron chi connectivity index (χ1n) is 11.3. The zero-order valence-electron chi connectivity index (χ0n) is 19.1. The number of para-hydroxylation sites is 1. The van der Waals surface area contributed by atoms with Crippen LogP contribution in [0.4, 0.5) is 4.79 Å². The van der Waals surface area contributed by atoms with Gasteiger partial charge in [0.1, 0.15) is 6.04 Å². The Morgan fingerprint density at radius 1 is 1.12 bits per heavy atom. The Bertz CT molecular complexity index is 1380. The van der Waals surface area contributed by atoms with Crippen LogP contribution in [0.2, 0.25) is 0 Å². The number of aromatic amines is 1. The molecule has 174 valence electrons. The second-order valence-electron chi connectivity index (χ2n) is 8.68. The molecule has 3 aromatic heterocycles. The van der Waals surface area contributed by atoms with E-state index in [4.69, 9.17) is 0 Å². The van der Waals surface area contributed by atoms with Gasteiger partial charge in [0.15, 0.2) is 5.78 Å². The van der Waals surface area contributed by atoms with Crippen LogP contribution in [0.1, 0.15) is 32.2 Å². The minimum atomic E-state index is -0.683. The first-order chi connectivity index (χ1) is 16.4. The average molecular weight is 475 g/mol. The van der Waals surface area contributed by atoms with Gasteiger partial charge in [-0.05, 0) is 49.4 Å². The van der Waals surface area contributed by atoms with E-state index in [2.05, 4.69) is 26.3 Å². The van der Waals surface area contributed by atoms with Crippen molar-refractivity contribution in [2.45, 2.75) is 39.3 Å². The highest BCUT2D eigenvalue weighted by Crippen LogP contribution is 2.22. The highest BCUT2D eigenvalue weighted by atomic mass is 32.1. The van der Waals surface area contributed by atoms with E-state index >= 15 is 0 Å². The molecule has 1 atom stereocenters. The second kappa shape index (κ2) is 8.95. The molecule has 2 N–H and O–H groups in total. The number of H-pyrrole nitrogens is 1. The third-order valence-corrected chi connectivity index (χ3v) is 7.48. The highest BCUT2D eigenvalue weighted by Gasteiger charge is 2.39. The fraction of sp³-hybridized carbons (Fsp3) is 0.269. The number of hydrogen-bond acceptors (Lipinski definition) is 4. The molecule has 0 spiro atoms. The van der Waals surface area contributed by atoms with Crippen LogP contribution < -0.4 is 5.32 Å². The summed E-state index contributed by atoms with van der Waals surface area (Å²) >= 11 is 1.72. The molecule has 0 aliphatic carbocycles. The van der Waals surface area contributed by atoms with Gasteiger partial charge in [0.05, 0.1) is 6.54 Å². The van der Waals surface area contributed by atoms with Crippen LogP contribution in [0.15, 0.2) is 54.0 Å². The van der Waals surface area contributed by atoms with Gasteiger partial charge in [0.25, 0.3) is 5.91 Å². The topological polar surface area (TPSA) is 87.2 Å². The van der Waals surface area contributed by atoms with Crippen molar-refractivity contribution >= 4 is 40.0 Å². The van der Waals surface area contributed by atoms with Crippen LogP contribution >= 0.6 is 11.3 Å². The zero-order valence-corrected chi connectivity index (χ0v) is 19.9. The van der Waals surface area contributed by atoms with Crippen LogP contribution in [0.3, 0.4) is 0 Å². The van der Waals surface area contributed by atoms with Crippen LogP contribution in [0.5, 0.6) is 0 Å². The summed E-state index contributed by atoms with van der Waals surface area (Å²) in [5.74, 6) is -0.596. The number of nitrogens with one attached hydrogen (secondary N) is 2. The van der Waals surface area contributed by atoms with Crippen LogP contribution in [-0.2, 0) is 24.2 Å². The summed E-state index contributed by atoms with van der Waals surface area (Å²) in [7, 11) is 0. The number of hydrogen-bond donors (Lipinski definition) is 2. The van der Waals surface area contributed by atoms with Gasteiger partial charge >= 0.3 is 6.03 Å². The maximum absolute atomic E-state index is 13.1. The predicted octanol–water partition coefficient (Wildman–Crippen LogP) is 4.24. The van der Waals surface area contributed by atoms with Crippen LogP contribution in [-0.4, -0.2) is 44.8 Å². The number of urea groups is 1. The van der Waals surface area contributed by atoms with Crippen molar-refractivity contribution in [3.8, 4) is 0 Å². The number of amides is 3. The molecule has 4 heterocycles. The molecule has 7 nitrogen and oxygen atoms in total. The normalized spacial score (nSPS) is 15.9. The van der Waals surface area contributed by atoms with Crippen LogP contribution in [0, 0.1) is 13.8 Å². The molecule has 1 aliphatic rings. The summed E-state index contributed by atoms with van der Waals surface area (Å²) in [6.45, 7) is 4.41. The van der Waals surface area contributed by atoms with E-state index in [9.17, 15) is 14.4 Å². The second-order valence-corrected chi connectivity index (χ2v) is 9.71. The van der Waals surface area contributed by atoms with Crippen molar-refractivity contribution in [1.82, 2.24) is 19.8 Å². The van der Waals surface area contributed by atoms with Gasteiger partial charge in [0.2, 0.25) is 0 Å². The molecular weight excluding hydrogens is 448 g/mol. The Morgan fingerprint density at radius 3 is 2.74 bits per heavy atom. The highest BCUT2D eigenvalue weighted by molar-refractivity contribution is 7.09. The molecule has 3 amide bonds. The van der Waals surface area contributed by atoms with Crippen molar-refractivity contribution in [3.05, 3.63) is 81.4 Å². The van der Waals surface area contributed by atoms with Crippen molar-refractivity contribution in [3.63, 3.8) is 0 Å². The molecule has 34 heavy (non-hydrogen) atoms. The number of thiophene rings is 1. The molecule has 0 unspecified atom stereocenters. The maximum atomic E-state index is 13.1. The number of nitrogens with zero attached hydrogens (tertiary/aromatic N) is 2. The summed E-state index contributed by atoms with van der Waals surface area (Å²) in [4.78, 5) is 44.2. The Balaban J connectivity index is 1.28. The number of fused-ring (bicyclic) bond motifs is 1. The standard InChI is InChI=1S/C26H26N4O3S/c1-16-12-21(17(2)29(16)10-9-19-6-5-11-34-19)24(31)15-30-25(32)23(28-26(30)33)13-18-14-27-22-8-4-3-7-20(18)22/h3-8,11-12,14,23,27H,9-10,13,15H2,1-2H3,(H,28,33)/t23-/m0/s1. The largest absolute Gasteiger partial charge is 0.361 e. The first-order valence-corrected chi connectivity index (χ1v) is 12.2. The summed E-state index contributed by atoms with van der Waals surface area (Å²) in [5.41, 5.74) is 4.35. The van der Waals surface area contributed by atoms with Gasteiger partial charge in [0, 0.05) is 51.9 Å². The van der Waals surface area contributed by atoms with Gasteiger partial charge in [-0.25, -0.2) is 4.79 Å². The van der Waals surface area contributed by atoms with E-state index in [1.54, 1.807) is 11.3 Å². The number of carbonyl (C=O) groups excluding carboxylic acids is 3. The number of carbonyl (C=O) groups is 3. The molecule has 1 aliphatic heterocycles. The van der Waals surface area contributed by atoms with E-state index in [1.807, 2.05) is 56.4 Å². The van der Waals surface area contributed by atoms with Gasteiger partial charge in [-0.3, -0.25) is 14.5 Å². The van der Waals surface area contributed by atoms with Gasteiger partial charge in [-0.2, -0.15) is 0 Å². The fourth-order valence-electron chi connectivity index (χ4n) is 4.72. The first kappa shape index (κ1) is 22.2. The lowest BCUT2D eigenvalue weighted by atomic mass is 10.0. The summed E-state index contributed by atoms with van der Waals surface area (Å²) in [6, 6.07) is 12.6. The van der Waals surface area contributed by atoms with Gasteiger partial charge in [-0.1, -0.05) is 24.3 Å². The molecule has 1 saturated heterocycles. The summed E-state index contributed by atoms with van der Waals surface area (Å²) in [6.07, 6.45) is 3.13. The molecular formula is C26H26N4O3S. The molecule has 1 fully saturated rings. The molecule has 5 rings (SSSR count). The lowest BCUT2D eigenvalue weighted by Gasteiger charge is -2.13. The maximum Gasteiger partial charge on any atom is 0.325 e. The lowest BCUT2D eigenvalue weighted by molar-refractivity contribution is -0.127. The van der Waals surface area contributed by atoms with Gasteiger partial charge < -0.3 is 14.9 Å². The van der Waals surface area contributed by atoms with E-state index in [0.29, 0.717) is 12.0 Å². The van der Waals surface area contributed by atoms with E-state index in [-0.39, 0.29) is 18.2 Å². The fourth-order valence-corrected chi connectivity index (χ4v) is 5.42. The minimum absolute atomic E-state index is 0.230. The number of aromatic nitrogens is 2. The quantitative estimate of drug-likeness (QED) is 0.296. The number of benzene rings is 1. The average Bonchev–Trinajstić information content (AvgIpc) is 3.59. The summed E-state index contributed by atoms with van der Waals surface area (Å²) < 4.78 is 2.12. The minimum Gasteiger partial charge on any atom is -0.361 e. The number of aryl methyl sites for hydroxylation is 2.